The molecule has 0 radical (unpaired) electrons. The summed E-state index contributed by atoms with van der Waals surface area (Å²) in [6.45, 7) is 7.24. The number of rotatable bonds is 10. The Balaban J connectivity index is 0.000000388. The van der Waals surface area contributed by atoms with Crippen LogP contribution >= 0.6 is 0 Å². The lowest BCUT2D eigenvalue weighted by Crippen LogP contribution is -2.57. The van der Waals surface area contributed by atoms with Gasteiger partial charge >= 0.3 is 0 Å². The van der Waals surface area contributed by atoms with Crippen LogP contribution in [0.5, 0.6) is 0 Å². The van der Waals surface area contributed by atoms with Gasteiger partial charge in [-0.25, -0.2) is 0 Å². The number of hydrogen-bond acceptors (Lipinski definition) is 2. The molecule has 1 aliphatic rings. The van der Waals surface area contributed by atoms with Crippen LogP contribution < -0.4 is 5.32 Å². The Labute approximate surface area is 288 Å². The third-order valence-electron chi connectivity index (χ3n) is 9.82. The van der Waals surface area contributed by atoms with Crippen LogP contribution in [0.1, 0.15) is 66.5 Å². The number of nitrogens with one attached hydrogen (secondary N) is 1. The average Bonchev–Trinajstić information content (AvgIpc) is 3.59. The highest BCUT2D eigenvalue weighted by molar-refractivity contribution is 5.56. The van der Waals surface area contributed by atoms with Gasteiger partial charge in [-0.05, 0) is 72.7 Å². The van der Waals surface area contributed by atoms with E-state index in [1.165, 1.54) is 65.7 Å². The normalized spacial score (nSPS) is 15.0. The van der Waals surface area contributed by atoms with Gasteiger partial charge in [0.15, 0.2) is 0 Å². The highest BCUT2D eigenvalue weighted by atomic mass is 15.2. The van der Waals surface area contributed by atoms with Gasteiger partial charge < -0.3 is 4.90 Å². The van der Waals surface area contributed by atoms with Crippen LogP contribution in [0.2, 0.25) is 0 Å². The molecule has 2 nitrogen and oxygen atoms in total. The smallest absolute Gasteiger partial charge is 0.0959 e. The molecule has 0 aliphatic carbocycles. The molecule has 1 fully saturated rings. The van der Waals surface area contributed by atoms with E-state index in [9.17, 15) is 0 Å². The lowest BCUT2D eigenvalue weighted by molar-refractivity contribution is 0.269. The molecule has 0 bridgehead atoms. The van der Waals surface area contributed by atoms with Crippen molar-refractivity contribution in [2.75, 3.05) is 13.1 Å². The van der Waals surface area contributed by atoms with E-state index in [4.69, 9.17) is 0 Å². The minimum Gasteiger partial charge on any atom is -0.301 e. The average molecular weight is 629 g/mol. The first-order valence-electron chi connectivity index (χ1n) is 17.5. The summed E-state index contributed by atoms with van der Waals surface area (Å²) in [6, 6.07) is 65.8. The van der Waals surface area contributed by atoms with Crippen LogP contribution in [0.3, 0.4) is 0 Å². The first kappa shape index (κ1) is 33.2. The highest BCUT2D eigenvalue weighted by Crippen LogP contribution is 2.45. The standard InChI is InChI=1S/C38H31N.C8H17N/c1-7-19-31(20-8-1)37(32-21-9-2-10-22-32,33-23-11-3-12-24-33)39-38(34-25-13-4-14-26-34,35-27-15-5-16-28-35)36-29-17-6-18-30-36;1-3-6-9-7-4-5-8(9)2/h1-30,39H;8H,3-7H2,1-2H3. The zero-order valence-corrected chi connectivity index (χ0v) is 28.4. The van der Waals surface area contributed by atoms with Crippen molar-refractivity contribution in [1.82, 2.24) is 10.2 Å². The van der Waals surface area contributed by atoms with E-state index >= 15 is 0 Å². The first-order valence-corrected chi connectivity index (χ1v) is 17.5. The summed E-state index contributed by atoms with van der Waals surface area (Å²) < 4.78 is 0. The monoisotopic (exact) mass is 628 g/mol. The molecule has 6 aromatic carbocycles. The molecule has 6 aromatic rings. The van der Waals surface area contributed by atoms with E-state index in [0.717, 1.165) is 6.04 Å². The van der Waals surface area contributed by atoms with Gasteiger partial charge in [-0.1, -0.05) is 189 Å². The predicted octanol–water partition coefficient (Wildman–Crippen LogP) is 10.4. The molecule has 7 rings (SSSR count). The minimum atomic E-state index is -0.675. The summed E-state index contributed by atoms with van der Waals surface area (Å²) in [4.78, 5) is 2.58. The van der Waals surface area contributed by atoms with Crippen molar-refractivity contribution in [3.63, 3.8) is 0 Å². The molecule has 1 unspecified atom stereocenters. The number of benzene rings is 6. The van der Waals surface area contributed by atoms with Gasteiger partial charge in [0.2, 0.25) is 0 Å². The Morgan fingerprint density at radius 1 is 0.479 bits per heavy atom. The van der Waals surface area contributed by atoms with Gasteiger partial charge in [0, 0.05) is 6.04 Å². The second-order valence-corrected chi connectivity index (χ2v) is 12.8. The maximum atomic E-state index is 4.38. The van der Waals surface area contributed by atoms with Gasteiger partial charge in [0.05, 0.1) is 11.1 Å². The summed E-state index contributed by atoms with van der Waals surface area (Å²) in [5, 5.41) is 4.38. The van der Waals surface area contributed by atoms with Crippen molar-refractivity contribution in [3.8, 4) is 0 Å². The molecule has 2 heteroatoms. The molecule has 0 spiro atoms. The maximum absolute atomic E-state index is 4.38. The fraction of sp³-hybridized carbons (Fsp3) is 0.217. The lowest BCUT2D eigenvalue weighted by Gasteiger charge is -2.47. The molecule has 1 atom stereocenters. The SMILES string of the molecule is CCCN1CCCC1C.c1ccc(C(NC(c2ccccc2)(c2ccccc2)c2ccccc2)(c2ccccc2)c2ccccc2)cc1. The molecule has 1 aliphatic heterocycles. The third kappa shape index (κ3) is 6.92. The summed E-state index contributed by atoms with van der Waals surface area (Å²) >= 11 is 0. The molecule has 242 valence electrons. The quantitative estimate of drug-likeness (QED) is 0.152. The fourth-order valence-electron chi connectivity index (χ4n) is 7.46. The van der Waals surface area contributed by atoms with E-state index in [2.05, 4.69) is 206 Å². The molecule has 1 heterocycles. The first-order chi connectivity index (χ1) is 23.7. The van der Waals surface area contributed by atoms with Crippen LogP contribution in [-0.4, -0.2) is 24.0 Å². The third-order valence-corrected chi connectivity index (χ3v) is 9.82. The van der Waals surface area contributed by atoms with E-state index < -0.39 is 11.1 Å². The van der Waals surface area contributed by atoms with Crippen LogP contribution in [0.4, 0.5) is 0 Å². The second kappa shape index (κ2) is 15.9. The molecular weight excluding hydrogens is 581 g/mol. The lowest BCUT2D eigenvalue weighted by atomic mass is 9.70. The van der Waals surface area contributed by atoms with Crippen molar-refractivity contribution >= 4 is 0 Å². The van der Waals surface area contributed by atoms with Crippen LogP contribution in [0.25, 0.3) is 0 Å². The predicted molar refractivity (Wildman–Crippen MR) is 202 cm³/mol. The molecule has 48 heavy (non-hydrogen) atoms. The Kier molecular flexibility index (Phi) is 11.0. The zero-order chi connectivity index (χ0) is 33.1. The largest absolute Gasteiger partial charge is 0.301 e. The molecule has 0 aromatic heterocycles. The highest BCUT2D eigenvalue weighted by Gasteiger charge is 2.46. The van der Waals surface area contributed by atoms with E-state index in [1.54, 1.807) is 0 Å². The van der Waals surface area contributed by atoms with Crippen molar-refractivity contribution < 1.29 is 0 Å². The van der Waals surface area contributed by atoms with Gasteiger partial charge in [0.1, 0.15) is 0 Å². The Bertz CT molecular complexity index is 1450. The summed E-state index contributed by atoms with van der Waals surface area (Å²) in [5.74, 6) is 0. The van der Waals surface area contributed by atoms with Crippen LogP contribution in [0, 0.1) is 0 Å². The minimum absolute atomic E-state index is 0.675. The number of likely N-dealkylation sites (tertiary alicyclic amines) is 1. The van der Waals surface area contributed by atoms with Gasteiger partial charge in [-0.2, -0.15) is 0 Å². The summed E-state index contributed by atoms with van der Waals surface area (Å²) in [6.07, 6.45) is 4.14. The summed E-state index contributed by atoms with van der Waals surface area (Å²) in [5.41, 5.74) is 5.70. The van der Waals surface area contributed by atoms with Crippen LogP contribution in [0.15, 0.2) is 182 Å². The zero-order valence-electron chi connectivity index (χ0n) is 28.4. The Hall–Kier alpha value is -4.76. The fourth-order valence-corrected chi connectivity index (χ4v) is 7.46. The summed E-state index contributed by atoms with van der Waals surface area (Å²) in [7, 11) is 0. The maximum Gasteiger partial charge on any atom is 0.0959 e. The van der Waals surface area contributed by atoms with Crippen molar-refractivity contribution in [1.29, 1.82) is 0 Å². The Morgan fingerprint density at radius 3 is 0.958 bits per heavy atom. The topological polar surface area (TPSA) is 15.3 Å². The van der Waals surface area contributed by atoms with Gasteiger partial charge in [-0.15, -0.1) is 0 Å². The number of nitrogens with zero attached hydrogens (tertiary/aromatic N) is 1. The Morgan fingerprint density at radius 2 is 0.750 bits per heavy atom. The van der Waals surface area contributed by atoms with Crippen molar-refractivity contribution in [2.24, 2.45) is 0 Å². The van der Waals surface area contributed by atoms with Crippen molar-refractivity contribution in [3.05, 3.63) is 215 Å². The van der Waals surface area contributed by atoms with E-state index in [0.29, 0.717) is 0 Å². The second-order valence-electron chi connectivity index (χ2n) is 12.8. The van der Waals surface area contributed by atoms with E-state index in [-0.39, 0.29) is 0 Å². The molecular formula is C46H48N2. The molecule has 0 saturated carbocycles. The van der Waals surface area contributed by atoms with Gasteiger partial charge in [0.25, 0.3) is 0 Å². The van der Waals surface area contributed by atoms with E-state index in [1.807, 2.05) is 0 Å². The molecule has 0 amide bonds. The van der Waals surface area contributed by atoms with Crippen molar-refractivity contribution in [2.45, 2.75) is 50.2 Å². The van der Waals surface area contributed by atoms with Gasteiger partial charge in [-0.3, -0.25) is 5.32 Å². The number of hydrogen-bond donors (Lipinski definition) is 1. The van der Waals surface area contributed by atoms with Crippen LogP contribution in [-0.2, 0) is 11.1 Å². The molecule has 1 N–H and O–H groups in total. The molecule has 1 saturated heterocycles.